The lowest BCUT2D eigenvalue weighted by Gasteiger charge is -2.25. The molecule has 1 aromatic rings. The fraction of sp³-hybridized carbons (Fsp3) is 0.562. The summed E-state index contributed by atoms with van der Waals surface area (Å²) in [6.07, 6.45) is -3.84. The van der Waals surface area contributed by atoms with E-state index < -0.39 is 11.7 Å². The Balaban J connectivity index is 1.85. The highest BCUT2D eigenvalue weighted by atomic mass is 19.4. The lowest BCUT2D eigenvalue weighted by atomic mass is 10.1. The maximum atomic E-state index is 12.7. The van der Waals surface area contributed by atoms with Crippen LogP contribution in [0.1, 0.15) is 18.1 Å². The van der Waals surface area contributed by atoms with E-state index in [0.29, 0.717) is 18.5 Å². The zero-order valence-corrected chi connectivity index (χ0v) is 12.7. The zero-order valence-electron chi connectivity index (χ0n) is 12.7. The number of halogens is 3. The van der Waals surface area contributed by atoms with Crippen molar-refractivity contribution in [3.8, 4) is 0 Å². The monoisotopic (exact) mass is 314 g/mol. The van der Waals surface area contributed by atoms with E-state index in [1.807, 2.05) is 6.92 Å². The van der Waals surface area contributed by atoms with E-state index in [1.54, 1.807) is 6.07 Å². The molecule has 0 aliphatic carbocycles. The third-order valence-corrected chi connectivity index (χ3v) is 3.62. The Labute approximate surface area is 128 Å². The summed E-state index contributed by atoms with van der Waals surface area (Å²) in [4.78, 5) is 6.74. The SMILES string of the molecule is CC(Cc1cccc(C(F)(F)F)c1)=NCCN1CCOCC1. The van der Waals surface area contributed by atoms with Crippen LogP contribution in [-0.4, -0.2) is 50.0 Å². The second-order valence-corrected chi connectivity index (χ2v) is 5.45. The molecule has 6 heteroatoms. The van der Waals surface area contributed by atoms with Gasteiger partial charge in [0.05, 0.1) is 25.3 Å². The number of aliphatic imine (C=N–C) groups is 1. The highest BCUT2D eigenvalue weighted by Gasteiger charge is 2.30. The Morgan fingerprint density at radius 2 is 2.00 bits per heavy atom. The van der Waals surface area contributed by atoms with E-state index in [4.69, 9.17) is 4.74 Å². The molecule has 1 saturated heterocycles. The Bertz CT molecular complexity index is 508. The first-order valence-corrected chi connectivity index (χ1v) is 7.41. The summed E-state index contributed by atoms with van der Waals surface area (Å²) < 4.78 is 43.3. The molecular weight excluding hydrogens is 293 g/mol. The van der Waals surface area contributed by atoms with Crippen LogP contribution in [0.15, 0.2) is 29.3 Å². The van der Waals surface area contributed by atoms with Gasteiger partial charge in [0, 0.05) is 31.8 Å². The van der Waals surface area contributed by atoms with Crippen molar-refractivity contribution in [2.45, 2.75) is 19.5 Å². The molecule has 1 heterocycles. The number of benzene rings is 1. The van der Waals surface area contributed by atoms with Gasteiger partial charge >= 0.3 is 6.18 Å². The molecule has 0 saturated carbocycles. The van der Waals surface area contributed by atoms with Gasteiger partial charge < -0.3 is 4.74 Å². The summed E-state index contributed by atoms with van der Waals surface area (Å²) in [6, 6.07) is 5.44. The molecule has 1 aliphatic rings. The lowest BCUT2D eigenvalue weighted by molar-refractivity contribution is -0.137. The standard InChI is InChI=1S/C16H21F3N2O/c1-13(20-5-6-21-7-9-22-10-8-21)11-14-3-2-4-15(12-14)16(17,18)19/h2-4,12H,5-11H2,1H3. The van der Waals surface area contributed by atoms with Crippen molar-refractivity contribution < 1.29 is 17.9 Å². The Morgan fingerprint density at radius 1 is 1.27 bits per heavy atom. The minimum atomic E-state index is -4.29. The molecule has 3 nitrogen and oxygen atoms in total. The van der Waals surface area contributed by atoms with Crippen LogP contribution in [0.4, 0.5) is 13.2 Å². The number of ether oxygens (including phenoxy) is 1. The summed E-state index contributed by atoms with van der Waals surface area (Å²) in [5.41, 5.74) is 0.890. The van der Waals surface area contributed by atoms with Gasteiger partial charge in [-0.15, -0.1) is 0 Å². The molecule has 1 aliphatic heterocycles. The maximum Gasteiger partial charge on any atom is 0.416 e. The Hall–Kier alpha value is -1.40. The first-order valence-electron chi connectivity index (χ1n) is 7.41. The molecule has 0 amide bonds. The smallest absolute Gasteiger partial charge is 0.379 e. The molecule has 22 heavy (non-hydrogen) atoms. The van der Waals surface area contributed by atoms with Crippen LogP contribution in [0.5, 0.6) is 0 Å². The fourth-order valence-corrected chi connectivity index (χ4v) is 2.42. The van der Waals surface area contributed by atoms with E-state index >= 15 is 0 Å². The van der Waals surface area contributed by atoms with E-state index in [0.717, 1.165) is 44.6 Å². The van der Waals surface area contributed by atoms with Crippen molar-refractivity contribution in [2.24, 2.45) is 4.99 Å². The van der Waals surface area contributed by atoms with Gasteiger partial charge in [0.15, 0.2) is 0 Å². The second kappa shape index (κ2) is 7.74. The molecule has 0 unspecified atom stereocenters. The average molecular weight is 314 g/mol. The number of morpholine rings is 1. The number of hydrogen-bond donors (Lipinski definition) is 0. The number of rotatable bonds is 5. The van der Waals surface area contributed by atoms with Crippen molar-refractivity contribution in [1.82, 2.24) is 4.90 Å². The molecule has 0 aromatic heterocycles. The molecule has 1 aromatic carbocycles. The minimum Gasteiger partial charge on any atom is -0.379 e. The number of hydrogen-bond acceptors (Lipinski definition) is 3. The lowest BCUT2D eigenvalue weighted by Crippen LogP contribution is -2.37. The summed E-state index contributed by atoms with van der Waals surface area (Å²) in [5.74, 6) is 0. The molecular formula is C16H21F3N2O. The Kier molecular flexibility index (Phi) is 5.97. The van der Waals surface area contributed by atoms with Crippen LogP contribution in [0.3, 0.4) is 0 Å². The van der Waals surface area contributed by atoms with Gasteiger partial charge in [-0.1, -0.05) is 18.2 Å². The molecule has 0 bridgehead atoms. The van der Waals surface area contributed by atoms with Crippen LogP contribution < -0.4 is 0 Å². The van der Waals surface area contributed by atoms with Gasteiger partial charge in [-0.3, -0.25) is 9.89 Å². The van der Waals surface area contributed by atoms with Crippen LogP contribution in [0, 0.1) is 0 Å². The van der Waals surface area contributed by atoms with Gasteiger partial charge in [0.1, 0.15) is 0 Å². The van der Waals surface area contributed by atoms with Crippen molar-refractivity contribution in [1.29, 1.82) is 0 Å². The summed E-state index contributed by atoms with van der Waals surface area (Å²) in [7, 11) is 0. The highest BCUT2D eigenvalue weighted by molar-refractivity contribution is 5.84. The normalized spacial score (nSPS) is 17.7. The van der Waals surface area contributed by atoms with Crippen molar-refractivity contribution in [3.63, 3.8) is 0 Å². The quantitative estimate of drug-likeness (QED) is 0.781. The Morgan fingerprint density at radius 3 is 2.68 bits per heavy atom. The molecule has 0 spiro atoms. The minimum absolute atomic E-state index is 0.451. The van der Waals surface area contributed by atoms with Gasteiger partial charge in [-0.25, -0.2) is 0 Å². The third-order valence-electron chi connectivity index (χ3n) is 3.62. The first-order chi connectivity index (χ1) is 10.4. The van der Waals surface area contributed by atoms with Gasteiger partial charge in [0.25, 0.3) is 0 Å². The molecule has 0 N–H and O–H groups in total. The van der Waals surface area contributed by atoms with Gasteiger partial charge in [-0.2, -0.15) is 13.2 Å². The van der Waals surface area contributed by atoms with Gasteiger partial charge in [0.2, 0.25) is 0 Å². The largest absolute Gasteiger partial charge is 0.416 e. The summed E-state index contributed by atoms with van der Waals surface area (Å²) >= 11 is 0. The molecule has 1 fully saturated rings. The zero-order chi connectivity index (χ0) is 16.0. The topological polar surface area (TPSA) is 24.8 Å². The van der Waals surface area contributed by atoms with E-state index in [1.165, 1.54) is 12.1 Å². The van der Waals surface area contributed by atoms with Crippen LogP contribution in [0.2, 0.25) is 0 Å². The third kappa shape index (κ3) is 5.42. The molecule has 2 rings (SSSR count). The van der Waals surface area contributed by atoms with Gasteiger partial charge in [-0.05, 0) is 18.6 Å². The van der Waals surface area contributed by atoms with Crippen molar-refractivity contribution >= 4 is 5.71 Å². The summed E-state index contributed by atoms with van der Waals surface area (Å²) in [6.45, 7) is 6.75. The van der Waals surface area contributed by atoms with Crippen LogP contribution in [-0.2, 0) is 17.3 Å². The fourth-order valence-electron chi connectivity index (χ4n) is 2.42. The van der Waals surface area contributed by atoms with E-state index in [-0.39, 0.29) is 0 Å². The highest BCUT2D eigenvalue weighted by Crippen LogP contribution is 2.29. The van der Waals surface area contributed by atoms with Crippen molar-refractivity contribution in [3.05, 3.63) is 35.4 Å². The summed E-state index contributed by atoms with van der Waals surface area (Å²) in [5, 5.41) is 0. The van der Waals surface area contributed by atoms with Crippen LogP contribution >= 0.6 is 0 Å². The van der Waals surface area contributed by atoms with E-state index in [9.17, 15) is 13.2 Å². The molecule has 0 atom stereocenters. The predicted octanol–water partition coefficient (Wildman–Crippen LogP) is 3.04. The average Bonchev–Trinajstić information content (AvgIpc) is 2.48. The van der Waals surface area contributed by atoms with E-state index in [2.05, 4.69) is 9.89 Å². The second-order valence-electron chi connectivity index (χ2n) is 5.45. The maximum absolute atomic E-state index is 12.7. The first kappa shape index (κ1) is 17.0. The molecule has 122 valence electrons. The number of alkyl halides is 3. The number of nitrogens with zero attached hydrogens (tertiary/aromatic N) is 2. The van der Waals surface area contributed by atoms with Crippen LogP contribution in [0.25, 0.3) is 0 Å². The molecule has 0 radical (unpaired) electrons. The van der Waals surface area contributed by atoms with Crippen molar-refractivity contribution in [2.75, 3.05) is 39.4 Å². The predicted molar refractivity (Wildman–Crippen MR) is 80.4 cm³/mol.